The molecule has 1 aliphatic rings. The van der Waals surface area contributed by atoms with E-state index in [0.29, 0.717) is 31.8 Å². The first-order valence-electron chi connectivity index (χ1n) is 9.56. The molecule has 0 aliphatic carbocycles. The Kier molecular flexibility index (Phi) is 6.82. The number of methoxy groups -OCH3 is 1. The van der Waals surface area contributed by atoms with Crippen molar-refractivity contribution < 1.29 is 23.5 Å². The summed E-state index contributed by atoms with van der Waals surface area (Å²) < 4.78 is 24.0. The van der Waals surface area contributed by atoms with E-state index in [9.17, 15) is 14.0 Å². The average molecular weight is 400 g/mol. The van der Waals surface area contributed by atoms with Gasteiger partial charge in [-0.25, -0.2) is 4.39 Å². The Labute approximate surface area is 169 Å². The number of carbonyl (C=O) groups excluding carboxylic acids is 2. The highest BCUT2D eigenvalue weighted by atomic mass is 19.1. The van der Waals surface area contributed by atoms with Crippen molar-refractivity contribution in [3.05, 3.63) is 65.5 Å². The molecular weight excluding hydrogens is 375 g/mol. The molecule has 1 aliphatic heterocycles. The van der Waals surface area contributed by atoms with Crippen LogP contribution in [0.3, 0.4) is 0 Å². The maximum atomic E-state index is 13.3. The molecule has 2 amide bonds. The quantitative estimate of drug-likeness (QED) is 0.730. The number of ether oxygens (including phenoxy) is 2. The second-order valence-electron chi connectivity index (χ2n) is 7.08. The van der Waals surface area contributed by atoms with Crippen molar-refractivity contribution in [1.29, 1.82) is 0 Å². The van der Waals surface area contributed by atoms with Gasteiger partial charge in [0, 0.05) is 37.3 Å². The number of halogens is 1. The predicted molar refractivity (Wildman–Crippen MR) is 106 cm³/mol. The van der Waals surface area contributed by atoms with Crippen molar-refractivity contribution in [2.45, 2.75) is 24.8 Å². The van der Waals surface area contributed by atoms with Crippen LogP contribution in [0.1, 0.15) is 24.0 Å². The number of amides is 2. The molecule has 6 nitrogen and oxygen atoms in total. The second kappa shape index (κ2) is 9.52. The van der Waals surface area contributed by atoms with Crippen LogP contribution < -0.4 is 15.4 Å². The number of carbonyl (C=O) groups is 2. The zero-order valence-electron chi connectivity index (χ0n) is 16.4. The summed E-state index contributed by atoms with van der Waals surface area (Å²) >= 11 is 0. The first-order chi connectivity index (χ1) is 14.0. The number of hydrogen-bond acceptors (Lipinski definition) is 4. The molecule has 0 aromatic heterocycles. The van der Waals surface area contributed by atoms with Crippen molar-refractivity contribution in [2.24, 2.45) is 0 Å². The van der Waals surface area contributed by atoms with Crippen molar-refractivity contribution in [3.63, 3.8) is 0 Å². The van der Waals surface area contributed by atoms with Crippen LogP contribution in [0.15, 0.2) is 48.5 Å². The Morgan fingerprint density at radius 1 is 1.03 bits per heavy atom. The van der Waals surface area contributed by atoms with Gasteiger partial charge in [0.05, 0.1) is 7.11 Å². The third kappa shape index (κ3) is 5.12. The van der Waals surface area contributed by atoms with E-state index in [4.69, 9.17) is 9.47 Å². The second-order valence-corrected chi connectivity index (χ2v) is 7.08. The van der Waals surface area contributed by atoms with Crippen LogP contribution >= 0.6 is 0 Å². The van der Waals surface area contributed by atoms with Gasteiger partial charge in [-0.05, 0) is 36.6 Å². The van der Waals surface area contributed by atoms with Gasteiger partial charge in [0.25, 0.3) is 0 Å². The number of hydrogen-bond donors (Lipinski definition) is 2. The van der Waals surface area contributed by atoms with Gasteiger partial charge in [0.15, 0.2) is 0 Å². The summed E-state index contributed by atoms with van der Waals surface area (Å²) in [5.74, 6) is -1.08. The van der Waals surface area contributed by atoms with E-state index in [-0.39, 0.29) is 24.3 Å². The van der Waals surface area contributed by atoms with Crippen LogP contribution in [-0.4, -0.2) is 38.7 Å². The first-order valence-corrected chi connectivity index (χ1v) is 9.56. The van der Waals surface area contributed by atoms with E-state index < -0.39 is 11.8 Å². The highest BCUT2D eigenvalue weighted by Crippen LogP contribution is 2.34. The molecule has 0 radical (unpaired) electrons. The molecule has 1 heterocycles. The summed E-state index contributed by atoms with van der Waals surface area (Å²) in [6.45, 7) is 1.57. The maximum Gasteiger partial charge on any atom is 0.309 e. The molecule has 0 spiro atoms. The van der Waals surface area contributed by atoms with E-state index in [1.54, 1.807) is 25.3 Å². The largest absolute Gasteiger partial charge is 0.496 e. The van der Waals surface area contributed by atoms with Crippen LogP contribution in [0.2, 0.25) is 0 Å². The van der Waals surface area contributed by atoms with E-state index in [2.05, 4.69) is 10.6 Å². The van der Waals surface area contributed by atoms with Gasteiger partial charge in [-0.15, -0.1) is 0 Å². The first kappa shape index (κ1) is 20.8. The van der Waals surface area contributed by atoms with E-state index in [1.807, 2.05) is 18.2 Å². The third-order valence-electron chi connectivity index (χ3n) is 5.33. The summed E-state index contributed by atoms with van der Waals surface area (Å²) in [4.78, 5) is 24.6. The van der Waals surface area contributed by atoms with Gasteiger partial charge in [0.2, 0.25) is 0 Å². The Bertz CT molecular complexity index is 848. The molecule has 7 heteroatoms. The number of benzene rings is 2. The molecule has 2 aromatic rings. The van der Waals surface area contributed by atoms with Crippen molar-refractivity contribution in [3.8, 4) is 5.75 Å². The van der Waals surface area contributed by atoms with Gasteiger partial charge >= 0.3 is 11.8 Å². The lowest BCUT2D eigenvalue weighted by Crippen LogP contribution is -2.48. The predicted octanol–water partition coefficient (Wildman–Crippen LogP) is 2.32. The number of nitrogens with one attached hydrogen (secondary N) is 2. The SMILES string of the molecule is COc1ccccc1CNC(=O)C(=O)NCC1(c2ccc(F)cc2)CCOCC1. The fourth-order valence-corrected chi connectivity index (χ4v) is 3.57. The molecule has 154 valence electrons. The molecule has 2 aromatic carbocycles. The van der Waals surface area contributed by atoms with Crippen LogP contribution in [0.25, 0.3) is 0 Å². The van der Waals surface area contributed by atoms with E-state index >= 15 is 0 Å². The molecule has 29 heavy (non-hydrogen) atoms. The normalized spacial score (nSPS) is 15.4. The van der Waals surface area contributed by atoms with Crippen molar-refractivity contribution in [2.75, 3.05) is 26.9 Å². The number of rotatable bonds is 6. The Balaban J connectivity index is 1.61. The molecule has 3 rings (SSSR count). The van der Waals surface area contributed by atoms with Gasteiger partial charge in [-0.3, -0.25) is 9.59 Å². The molecule has 2 N–H and O–H groups in total. The molecule has 0 unspecified atom stereocenters. The summed E-state index contributed by atoms with van der Waals surface area (Å²) in [6, 6.07) is 13.6. The molecule has 1 fully saturated rings. The lowest BCUT2D eigenvalue weighted by atomic mass is 9.74. The van der Waals surface area contributed by atoms with Gasteiger partial charge in [0.1, 0.15) is 11.6 Å². The Morgan fingerprint density at radius 2 is 1.69 bits per heavy atom. The standard InChI is InChI=1S/C22H25FN2O4/c1-28-19-5-3-2-4-16(19)14-24-20(26)21(27)25-15-22(10-12-29-13-11-22)17-6-8-18(23)9-7-17/h2-9H,10-15H2,1H3,(H,24,26)(H,25,27). The van der Waals surface area contributed by atoms with Gasteiger partial charge < -0.3 is 20.1 Å². The van der Waals surface area contributed by atoms with Gasteiger partial charge in [-0.2, -0.15) is 0 Å². The summed E-state index contributed by atoms with van der Waals surface area (Å²) in [5, 5.41) is 5.36. The fraction of sp³-hybridized carbons (Fsp3) is 0.364. The minimum absolute atomic E-state index is 0.188. The zero-order valence-corrected chi connectivity index (χ0v) is 16.4. The summed E-state index contributed by atoms with van der Waals surface area (Å²) in [7, 11) is 1.55. The highest BCUT2D eigenvalue weighted by molar-refractivity contribution is 6.35. The highest BCUT2D eigenvalue weighted by Gasteiger charge is 2.35. The minimum atomic E-state index is -0.711. The lowest BCUT2D eigenvalue weighted by molar-refractivity contribution is -0.139. The lowest BCUT2D eigenvalue weighted by Gasteiger charge is -2.37. The van der Waals surface area contributed by atoms with Crippen LogP contribution in [0.5, 0.6) is 5.75 Å². The molecule has 1 saturated heterocycles. The zero-order chi connectivity index (χ0) is 20.7. The average Bonchev–Trinajstić information content (AvgIpc) is 2.77. The van der Waals surface area contributed by atoms with Crippen LogP contribution in [0.4, 0.5) is 4.39 Å². The van der Waals surface area contributed by atoms with Crippen LogP contribution in [0, 0.1) is 5.82 Å². The summed E-state index contributed by atoms with van der Waals surface area (Å²) in [5.41, 5.74) is 1.32. The fourth-order valence-electron chi connectivity index (χ4n) is 3.57. The van der Waals surface area contributed by atoms with Crippen molar-refractivity contribution in [1.82, 2.24) is 10.6 Å². The smallest absolute Gasteiger partial charge is 0.309 e. The topological polar surface area (TPSA) is 76.7 Å². The summed E-state index contributed by atoms with van der Waals surface area (Å²) in [6.07, 6.45) is 1.36. The Hall–Kier alpha value is -2.93. The van der Waals surface area contributed by atoms with E-state index in [0.717, 1.165) is 11.1 Å². The molecule has 0 bridgehead atoms. The number of para-hydroxylation sites is 1. The Morgan fingerprint density at radius 3 is 2.38 bits per heavy atom. The molecule has 0 saturated carbocycles. The van der Waals surface area contributed by atoms with Gasteiger partial charge in [-0.1, -0.05) is 30.3 Å². The van der Waals surface area contributed by atoms with Crippen LogP contribution in [-0.2, 0) is 26.3 Å². The maximum absolute atomic E-state index is 13.3. The van der Waals surface area contributed by atoms with Crippen molar-refractivity contribution >= 4 is 11.8 Å². The molecular formula is C22H25FN2O4. The monoisotopic (exact) mass is 400 g/mol. The third-order valence-corrected chi connectivity index (χ3v) is 5.33. The molecule has 0 atom stereocenters. The van der Waals surface area contributed by atoms with E-state index in [1.165, 1.54) is 12.1 Å². The minimum Gasteiger partial charge on any atom is -0.496 e.